The summed E-state index contributed by atoms with van der Waals surface area (Å²) < 4.78 is 0. The van der Waals surface area contributed by atoms with Gasteiger partial charge in [-0.1, -0.05) is 12.1 Å². The van der Waals surface area contributed by atoms with E-state index in [4.69, 9.17) is 11.5 Å². The van der Waals surface area contributed by atoms with Crippen molar-refractivity contribution in [3.63, 3.8) is 0 Å². The van der Waals surface area contributed by atoms with Crippen molar-refractivity contribution in [2.24, 2.45) is 0 Å². The van der Waals surface area contributed by atoms with Crippen LogP contribution in [0.1, 0.15) is 11.3 Å². The zero-order valence-electron chi connectivity index (χ0n) is 12.2. The summed E-state index contributed by atoms with van der Waals surface area (Å²) in [6, 6.07) is 9.70. The molecular formula is C16H15N7. The number of benzene rings is 1. The van der Waals surface area contributed by atoms with Gasteiger partial charge in [0.2, 0.25) is 0 Å². The third-order valence-electron chi connectivity index (χ3n) is 3.90. The van der Waals surface area contributed by atoms with Gasteiger partial charge < -0.3 is 11.5 Å². The minimum absolute atomic E-state index is 0.436. The van der Waals surface area contributed by atoms with Crippen LogP contribution in [-0.4, -0.2) is 25.4 Å². The van der Waals surface area contributed by atoms with E-state index in [1.807, 2.05) is 30.3 Å². The number of nitrogens with one attached hydrogen (secondary N) is 2. The van der Waals surface area contributed by atoms with E-state index in [1.54, 1.807) is 12.4 Å². The highest BCUT2D eigenvalue weighted by Gasteiger charge is 2.13. The van der Waals surface area contributed by atoms with Gasteiger partial charge in [-0.2, -0.15) is 10.2 Å². The van der Waals surface area contributed by atoms with Gasteiger partial charge in [0, 0.05) is 46.7 Å². The Morgan fingerprint density at radius 2 is 1.78 bits per heavy atom. The Labute approximate surface area is 131 Å². The van der Waals surface area contributed by atoms with Crippen LogP contribution in [0.25, 0.3) is 22.2 Å². The van der Waals surface area contributed by atoms with Crippen LogP contribution in [0.15, 0.2) is 42.7 Å². The van der Waals surface area contributed by atoms with Crippen molar-refractivity contribution >= 4 is 22.4 Å². The molecule has 0 atom stereocenters. The second-order valence-electron chi connectivity index (χ2n) is 5.35. The molecule has 0 radical (unpaired) electrons. The molecule has 0 spiro atoms. The molecule has 4 rings (SSSR count). The molecule has 4 aromatic rings. The maximum absolute atomic E-state index is 6.33. The first-order chi connectivity index (χ1) is 11.2. The summed E-state index contributed by atoms with van der Waals surface area (Å²) in [5.41, 5.74) is 17.5. The highest BCUT2D eigenvalue weighted by Crippen LogP contribution is 2.31. The largest absolute Gasteiger partial charge is 0.398 e. The van der Waals surface area contributed by atoms with Crippen molar-refractivity contribution in [2.75, 3.05) is 11.5 Å². The molecule has 0 amide bonds. The lowest BCUT2D eigenvalue weighted by atomic mass is 10.0. The Morgan fingerprint density at radius 3 is 2.52 bits per heavy atom. The molecule has 0 fully saturated rings. The SMILES string of the molecule is Nc1nc2cc(-c3ccn[nH]3)ccc2c(N)c1Cc1ccn[nH]1. The summed E-state index contributed by atoms with van der Waals surface area (Å²) in [6.45, 7) is 0. The molecule has 114 valence electrons. The molecule has 3 aromatic heterocycles. The Morgan fingerprint density at radius 1 is 0.957 bits per heavy atom. The second-order valence-corrected chi connectivity index (χ2v) is 5.35. The predicted molar refractivity (Wildman–Crippen MR) is 89.5 cm³/mol. The molecular weight excluding hydrogens is 290 g/mol. The predicted octanol–water partition coefficient (Wildman–Crippen LogP) is 2.10. The van der Waals surface area contributed by atoms with Gasteiger partial charge in [-0.3, -0.25) is 10.2 Å². The summed E-state index contributed by atoms with van der Waals surface area (Å²) in [5, 5.41) is 14.6. The lowest BCUT2D eigenvalue weighted by Crippen LogP contribution is -2.05. The van der Waals surface area contributed by atoms with Crippen LogP contribution in [0.2, 0.25) is 0 Å². The van der Waals surface area contributed by atoms with Gasteiger partial charge in [0.25, 0.3) is 0 Å². The fourth-order valence-electron chi connectivity index (χ4n) is 2.69. The highest BCUT2D eigenvalue weighted by atomic mass is 15.1. The molecule has 7 heteroatoms. The van der Waals surface area contributed by atoms with E-state index in [9.17, 15) is 0 Å². The van der Waals surface area contributed by atoms with Crippen LogP contribution in [0, 0.1) is 0 Å². The lowest BCUT2D eigenvalue weighted by Gasteiger charge is -2.12. The molecule has 0 aliphatic carbocycles. The average molecular weight is 305 g/mol. The molecule has 0 saturated heterocycles. The van der Waals surface area contributed by atoms with Crippen molar-refractivity contribution < 1.29 is 0 Å². The van der Waals surface area contributed by atoms with Gasteiger partial charge in [-0.05, 0) is 18.2 Å². The molecule has 1 aromatic carbocycles. The minimum Gasteiger partial charge on any atom is -0.398 e. The number of aromatic nitrogens is 5. The molecule has 0 bridgehead atoms. The van der Waals surface area contributed by atoms with Gasteiger partial charge >= 0.3 is 0 Å². The highest BCUT2D eigenvalue weighted by molar-refractivity contribution is 5.96. The fraction of sp³-hybridized carbons (Fsp3) is 0.0625. The third-order valence-corrected chi connectivity index (χ3v) is 3.90. The first kappa shape index (κ1) is 13.3. The summed E-state index contributed by atoms with van der Waals surface area (Å²) in [5.74, 6) is 0.436. The maximum atomic E-state index is 6.33. The van der Waals surface area contributed by atoms with Crippen LogP contribution in [-0.2, 0) is 6.42 Å². The third kappa shape index (κ3) is 2.28. The van der Waals surface area contributed by atoms with Gasteiger partial charge in [-0.15, -0.1) is 0 Å². The normalized spacial score (nSPS) is 11.1. The Balaban J connectivity index is 1.83. The van der Waals surface area contributed by atoms with Crippen LogP contribution in [0.5, 0.6) is 0 Å². The fourth-order valence-corrected chi connectivity index (χ4v) is 2.69. The molecule has 7 nitrogen and oxygen atoms in total. The summed E-state index contributed by atoms with van der Waals surface area (Å²) >= 11 is 0. The van der Waals surface area contributed by atoms with E-state index in [0.29, 0.717) is 17.9 Å². The number of nitrogens with two attached hydrogens (primary N) is 2. The number of hydrogen-bond donors (Lipinski definition) is 4. The van der Waals surface area contributed by atoms with Crippen LogP contribution < -0.4 is 11.5 Å². The monoisotopic (exact) mass is 305 g/mol. The molecule has 0 saturated carbocycles. The van der Waals surface area contributed by atoms with Crippen molar-refractivity contribution in [3.05, 3.63) is 54.0 Å². The quantitative estimate of drug-likeness (QED) is 0.461. The first-order valence-corrected chi connectivity index (χ1v) is 7.18. The molecule has 6 N–H and O–H groups in total. The van der Waals surface area contributed by atoms with Crippen LogP contribution in [0.4, 0.5) is 11.5 Å². The van der Waals surface area contributed by atoms with E-state index in [2.05, 4.69) is 25.4 Å². The molecule has 0 unspecified atom stereocenters. The van der Waals surface area contributed by atoms with Crippen molar-refractivity contribution in [1.82, 2.24) is 25.4 Å². The minimum atomic E-state index is 0.436. The van der Waals surface area contributed by atoms with Crippen molar-refractivity contribution in [3.8, 4) is 11.3 Å². The van der Waals surface area contributed by atoms with Gasteiger partial charge in [0.05, 0.1) is 11.2 Å². The summed E-state index contributed by atoms with van der Waals surface area (Å²) in [6.07, 6.45) is 3.99. The molecule has 3 heterocycles. The summed E-state index contributed by atoms with van der Waals surface area (Å²) in [4.78, 5) is 4.52. The molecule has 0 aliphatic heterocycles. The van der Waals surface area contributed by atoms with Crippen LogP contribution in [0.3, 0.4) is 0 Å². The van der Waals surface area contributed by atoms with Gasteiger partial charge in [-0.25, -0.2) is 4.98 Å². The molecule has 23 heavy (non-hydrogen) atoms. The lowest BCUT2D eigenvalue weighted by molar-refractivity contribution is 0.996. The second kappa shape index (κ2) is 5.13. The number of aromatic amines is 2. The van der Waals surface area contributed by atoms with E-state index in [-0.39, 0.29) is 0 Å². The maximum Gasteiger partial charge on any atom is 0.129 e. The van der Waals surface area contributed by atoms with Crippen molar-refractivity contribution in [2.45, 2.75) is 6.42 Å². The van der Waals surface area contributed by atoms with E-state index >= 15 is 0 Å². The number of pyridine rings is 1. The number of anilines is 2. The van der Waals surface area contributed by atoms with E-state index in [0.717, 1.165) is 33.4 Å². The number of H-pyrrole nitrogens is 2. The van der Waals surface area contributed by atoms with E-state index in [1.165, 1.54) is 0 Å². The van der Waals surface area contributed by atoms with Gasteiger partial charge in [0.1, 0.15) is 5.82 Å². The van der Waals surface area contributed by atoms with Gasteiger partial charge in [0.15, 0.2) is 0 Å². The number of nitrogen functional groups attached to an aromatic ring is 2. The summed E-state index contributed by atoms with van der Waals surface area (Å²) in [7, 11) is 0. The average Bonchev–Trinajstić information content (AvgIpc) is 3.24. The number of fused-ring (bicyclic) bond motifs is 1. The molecule has 0 aliphatic rings. The zero-order chi connectivity index (χ0) is 15.8. The Kier molecular flexibility index (Phi) is 2.97. The number of nitrogens with zero attached hydrogens (tertiary/aromatic N) is 3. The van der Waals surface area contributed by atoms with E-state index < -0.39 is 0 Å². The smallest absolute Gasteiger partial charge is 0.129 e. The Bertz CT molecular complexity index is 956. The van der Waals surface area contributed by atoms with Crippen molar-refractivity contribution in [1.29, 1.82) is 0 Å². The zero-order valence-corrected chi connectivity index (χ0v) is 12.2. The Hall–Kier alpha value is -3.35. The topological polar surface area (TPSA) is 122 Å². The number of rotatable bonds is 3. The van der Waals surface area contributed by atoms with Crippen LogP contribution >= 0.6 is 0 Å². The standard InChI is InChI=1S/C16H15N7/c17-15-11-2-1-9(13-4-6-20-23-13)7-14(11)21-16(18)12(15)8-10-3-5-19-22-10/h1-7H,8H2,(H,19,22)(H,20,23)(H4,17,18,21). The number of hydrogen-bond acceptors (Lipinski definition) is 5. The first-order valence-electron chi connectivity index (χ1n) is 7.18.